The Kier molecular flexibility index (Phi) is 5.79. The summed E-state index contributed by atoms with van der Waals surface area (Å²) >= 11 is 1.56. The minimum atomic E-state index is -0.203. The highest BCUT2D eigenvalue weighted by Gasteiger charge is 2.16. The molecule has 0 saturated carbocycles. The molecule has 2 rings (SSSR count). The van der Waals surface area contributed by atoms with E-state index in [2.05, 4.69) is 24.7 Å². The molecule has 1 aliphatic rings. The summed E-state index contributed by atoms with van der Waals surface area (Å²) in [7, 11) is 0. The second kappa shape index (κ2) is 7.59. The molecule has 0 spiro atoms. The Morgan fingerprint density at radius 1 is 1.19 bits per heavy atom. The summed E-state index contributed by atoms with van der Waals surface area (Å²) in [6.45, 7) is 4.15. The molecule has 2 amide bonds. The molecule has 21 heavy (non-hydrogen) atoms. The van der Waals surface area contributed by atoms with E-state index in [0.717, 1.165) is 19.3 Å². The summed E-state index contributed by atoms with van der Waals surface area (Å²) in [4.78, 5) is 25.7. The van der Waals surface area contributed by atoms with E-state index in [-0.39, 0.29) is 11.8 Å². The Labute approximate surface area is 130 Å². The molecule has 1 heterocycles. The predicted molar refractivity (Wildman–Crippen MR) is 85.3 cm³/mol. The van der Waals surface area contributed by atoms with Crippen LogP contribution in [0.25, 0.3) is 0 Å². The zero-order chi connectivity index (χ0) is 15.2. The molecule has 4 nitrogen and oxygen atoms in total. The van der Waals surface area contributed by atoms with Crippen molar-refractivity contribution in [3.63, 3.8) is 0 Å². The van der Waals surface area contributed by atoms with E-state index in [0.29, 0.717) is 17.2 Å². The molecule has 2 N–H and O–H groups in total. The lowest BCUT2D eigenvalue weighted by Gasteiger charge is -2.07. The topological polar surface area (TPSA) is 58.2 Å². The highest BCUT2D eigenvalue weighted by Crippen LogP contribution is 2.28. The Morgan fingerprint density at radius 3 is 2.71 bits per heavy atom. The molecular formula is C16H24N2O2S. The maximum atomic E-state index is 12.1. The number of nitrogens with one attached hydrogen (secondary N) is 2. The molecule has 0 aromatic carbocycles. The SMILES string of the molecule is CC(C)CCC(=O)NNC(=O)c1cc2c(s1)CCCCC2. The Morgan fingerprint density at radius 2 is 1.95 bits per heavy atom. The van der Waals surface area contributed by atoms with Gasteiger partial charge in [-0.15, -0.1) is 11.3 Å². The van der Waals surface area contributed by atoms with Gasteiger partial charge in [0.1, 0.15) is 0 Å². The first-order chi connectivity index (χ1) is 10.1. The van der Waals surface area contributed by atoms with Crippen LogP contribution < -0.4 is 10.9 Å². The first-order valence-electron chi connectivity index (χ1n) is 7.77. The van der Waals surface area contributed by atoms with Gasteiger partial charge in [0.05, 0.1) is 4.88 Å². The summed E-state index contributed by atoms with van der Waals surface area (Å²) in [6, 6.07) is 1.99. The van der Waals surface area contributed by atoms with Gasteiger partial charge in [-0.3, -0.25) is 20.4 Å². The number of fused-ring (bicyclic) bond motifs is 1. The molecule has 0 saturated heterocycles. The number of hydrazine groups is 1. The van der Waals surface area contributed by atoms with Crippen LogP contribution in [-0.2, 0) is 17.6 Å². The van der Waals surface area contributed by atoms with Crippen molar-refractivity contribution in [2.45, 2.75) is 58.8 Å². The fourth-order valence-electron chi connectivity index (χ4n) is 2.45. The fourth-order valence-corrected chi connectivity index (χ4v) is 3.60. The summed E-state index contributed by atoms with van der Waals surface area (Å²) < 4.78 is 0. The number of hydrogen-bond acceptors (Lipinski definition) is 3. The van der Waals surface area contributed by atoms with Gasteiger partial charge in [0.2, 0.25) is 5.91 Å². The number of aryl methyl sites for hydroxylation is 2. The maximum absolute atomic E-state index is 12.1. The Balaban J connectivity index is 1.85. The first kappa shape index (κ1) is 16.0. The van der Waals surface area contributed by atoms with Crippen molar-refractivity contribution in [2.75, 3.05) is 0 Å². The van der Waals surface area contributed by atoms with Crippen molar-refractivity contribution >= 4 is 23.2 Å². The lowest BCUT2D eigenvalue weighted by molar-refractivity contribution is -0.122. The van der Waals surface area contributed by atoms with Gasteiger partial charge >= 0.3 is 0 Å². The van der Waals surface area contributed by atoms with Crippen LogP contribution in [0, 0.1) is 5.92 Å². The van der Waals surface area contributed by atoms with Crippen LogP contribution in [0.1, 0.15) is 66.1 Å². The smallest absolute Gasteiger partial charge is 0.273 e. The summed E-state index contributed by atoms with van der Waals surface area (Å²) in [5.74, 6) is 0.153. The van der Waals surface area contributed by atoms with Gasteiger partial charge in [0.25, 0.3) is 5.91 Å². The van der Waals surface area contributed by atoms with Crippen LogP contribution in [0.15, 0.2) is 6.07 Å². The molecule has 116 valence electrons. The van der Waals surface area contributed by atoms with Crippen molar-refractivity contribution in [3.8, 4) is 0 Å². The molecule has 1 aromatic rings. The fraction of sp³-hybridized carbons (Fsp3) is 0.625. The van der Waals surface area contributed by atoms with Crippen LogP contribution >= 0.6 is 11.3 Å². The van der Waals surface area contributed by atoms with E-state index < -0.39 is 0 Å². The highest BCUT2D eigenvalue weighted by atomic mass is 32.1. The van der Waals surface area contributed by atoms with Gasteiger partial charge in [-0.25, -0.2) is 0 Å². The van der Waals surface area contributed by atoms with E-state index in [4.69, 9.17) is 0 Å². The van der Waals surface area contributed by atoms with E-state index in [9.17, 15) is 9.59 Å². The van der Waals surface area contributed by atoms with E-state index in [1.54, 1.807) is 11.3 Å². The number of hydrogen-bond donors (Lipinski definition) is 2. The zero-order valence-corrected chi connectivity index (χ0v) is 13.6. The Hall–Kier alpha value is -1.36. The van der Waals surface area contributed by atoms with Gasteiger partial charge in [0, 0.05) is 11.3 Å². The Bertz CT molecular complexity index is 485. The monoisotopic (exact) mass is 308 g/mol. The minimum Gasteiger partial charge on any atom is -0.273 e. The van der Waals surface area contributed by atoms with E-state index in [1.165, 1.54) is 29.7 Å². The third kappa shape index (κ3) is 4.84. The third-order valence-corrected chi connectivity index (χ3v) is 4.97. The number of thiophene rings is 1. The van der Waals surface area contributed by atoms with Crippen LogP contribution in [-0.4, -0.2) is 11.8 Å². The molecule has 0 bridgehead atoms. The first-order valence-corrected chi connectivity index (χ1v) is 8.58. The largest absolute Gasteiger partial charge is 0.279 e. The lowest BCUT2D eigenvalue weighted by atomic mass is 10.1. The molecule has 5 heteroatoms. The highest BCUT2D eigenvalue weighted by molar-refractivity contribution is 7.14. The third-order valence-electron chi connectivity index (χ3n) is 3.73. The zero-order valence-electron chi connectivity index (χ0n) is 12.8. The van der Waals surface area contributed by atoms with Gasteiger partial charge in [0.15, 0.2) is 0 Å². The van der Waals surface area contributed by atoms with Crippen molar-refractivity contribution < 1.29 is 9.59 Å². The van der Waals surface area contributed by atoms with Crippen molar-refractivity contribution in [2.24, 2.45) is 5.92 Å². The van der Waals surface area contributed by atoms with Gasteiger partial charge in [-0.1, -0.05) is 20.3 Å². The van der Waals surface area contributed by atoms with Crippen LogP contribution in [0.4, 0.5) is 0 Å². The second-order valence-electron chi connectivity index (χ2n) is 6.05. The van der Waals surface area contributed by atoms with Gasteiger partial charge in [-0.2, -0.15) is 0 Å². The van der Waals surface area contributed by atoms with Crippen molar-refractivity contribution in [3.05, 3.63) is 21.4 Å². The minimum absolute atomic E-state index is 0.129. The molecule has 0 atom stereocenters. The van der Waals surface area contributed by atoms with Gasteiger partial charge < -0.3 is 0 Å². The number of carbonyl (C=O) groups excluding carboxylic acids is 2. The van der Waals surface area contributed by atoms with Crippen molar-refractivity contribution in [1.29, 1.82) is 0 Å². The lowest BCUT2D eigenvalue weighted by Crippen LogP contribution is -2.41. The van der Waals surface area contributed by atoms with Gasteiger partial charge in [-0.05, 0) is 49.7 Å². The maximum Gasteiger partial charge on any atom is 0.279 e. The van der Waals surface area contributed by atoms with Crippen molar-refractivity contribution in [1.82, 2.24) is 10.9 Å². The molecule has 1 aromatic heterocycles. The summed E-state index contributed by atoms with van der Waals surface area (Å²) in [5, 5.41) is 0. The van der Waals surface area contributed by atoms with E-state index >= 15 is 0 Å². The molecule has 0 unspecified atom stereocenters. The summed E-state index contributed by atoms with van der Waals surface area (Å²) in [5.41, 5.74) is 6.33. The molecule has 1 aliphatic carbocycles. The average Bonchev–Trinajstić information content (AvgIpc) is 2.73. The quantitative estimate of drug-likeness (QED) is 0.663. The van der Waals surface area contributed by atoms with Crippen LogP contribution in [0.5, 0.6) is 0 Å². The molecule has 0 aliphatic heterocycles. The average molecular weight is 308 g/mol. The second-order valence-corrected chi connectivity index (χ2v) is 7.19. The van der Waals surface area contributed by atoms with Crippen LogP contribution in [0.2, 0.25) is 0 Å². The standard InChI is InChI=1S/C16H24N2O2S/c1-11(2)8-9-15(19)17-18-16(20)14-10-12-6-4-3-5-7-13(12)21-14/h10-11H,3-9H2,1-2H3,(H,17,19)(H,18,20). The number of amides is 2. The molecule has 0 radical (unpaired) electrons. The summed E-state index contributed by atoms with van der Waals surface area (Å²) in [6.07, 6.45) is 7.11. The molecule has 0 fully saturated rings. The predicted octanol–water partition coefficient (Wildman–Crippen LogP) is 3.21. The number of carbonyl (C=O) groups is 2. The van der Waals surface area contributed by atoms with Crippen LogP contribution in [0.3, 0.4) is 0 Å². The normalized spacial score (nSPS) is 14.4. The number of rotatable bonds is 4. The molecular weight excluding hydrogens is 284 g/mol. The van der Waals surface area contributed by atoms with E-state index in [1.807, 2.05) is 6.07 Å².